The Kier molecular flexibility index (Phi) is 6.09. The van der Waals surface area contributed by atoms with Crippen molar-refractivity contribution >= 4 is 44.2 Å². The van der Waals surface area contributed by atoms with Crippen LogP contribution in [0, 0.1) is 11.6 Å². The first-order chi connectivity index (χ1) is 16.0. The maximum absolute atomic E-state index is 15.6. The molecule has 12 heteroatoms. The number of fused-ring (bicyclic) bond motifs is 1. The fourth-order valence-corrected chi connectivity index (χ4v) is 5.05. The van der Waals surface area contributed by atoms with E-state index in [1.165, 1.54) is 31.6 Å². The normalized spacial score (nSPS) is 11.9. The Labute approximate surface area is 199 Å². The molecular weight excluding hydrogens is 488 g/mol. The number of nitrogen functional groups attached to an aromatic ring is 1. The summed E-state index contributed by atoms with van der Waals surface area (Å²) in [6, 6.07) is 5.89. The van der Waals surface area contributed by atoms with Gasteiger partial charge in [-0.25, -0.2) is 27.2 Å². The predicted octanol–water partition coefficient (Wildman–Crippen LogP) is 5.00. The Morgan fingerprint density at radius 1 is 1.18 bits per heavy atom. The van der Waals surface area contributed by atoms with Crippen molar-refractivity contribution in [1.82, 2.24) is 14.5 Å². The van der Waals surface area contributed by atoms with Crippen molar-refractivity contribution in [2.24, 2.45) is 0 Å². The van der Waals surface area contributed by atoms with Crippen LogP contribution in [0.2, 0.25) is 5.02 Å². The lowest BCUT2D eigenvalue weighted by atomic mass is 10.0. The third-order valence-electron chi connectivity index (χ3n) is 5.22. The van der Waals surface area contributed by atoms with E-state index >= 15 is 4.39 Å². The summed E-state index contributed by atoms with van der Waals surface area (Å²) < 4.78 is 64.6. The van der Waals surface area contributed by atoms with Gasteiger partial charge in [0, 0.05) is 29.4 Å². The van der Waals surface area contributed by atoms with Gasteiger partial charge in [0.15, 0.2) is 5.82 Å². The highest BCUT2D eigenvalue weighted by molar-refractivity contribution is 7.92. The van der Waals surface area contributed by atoms with Crippen molar-refractivity contribution in [3.63, 3.8) is 0 Å². The SMILES string of the molecule is COc1cc(F)c(S(=O)(=O)Nc2cccc(-c3cn(C(C)C)c4ncnc(N)c34)c2F)cc1Cl. The van der Waals surface area contributed by atoms with Crippen LogP contribution < -0.4 is 15.2 Å². The molecule has 2 aromatic heterocycles. The molecule has 0 amide bonds. The highest BCUT2D eigenvalue weighted by atomic mass is 35.5. The zero-order valence-electron chi connectivity index (χ0n) is 18.3. The number of hydrogen-bond donors (Lipinski definition) is 2. The van der Waals surface area contributed by atoms with Crippen LogP contribution in [-0.2, 0) is 10.0 Å². The molecule has 0 aliphatic rings. The molecule has 0 saturated carbocycles. The van der Waals surface area contributed by atoms with Gasteiger partial charge in [0.05, 0.1) is 23.2 Å². The van der Waals surface area contributed by atoms with Crippen molar-refractivity contribution < 1.29 is 21.9 Å². The second-order valence-corrected chi connectivity index (χ2v) is 9.75. The smallest absolute Gasteiger partial charge is 0.264 e. The summed E-state index contributed by atoms with van der Waals surface area (Å²) >= 11 is 5.96. The lowest BCUT2D eigenvalue weighted by Crippen LogP contribution is -2.16. The number of aromatic nitrogens is 3. The van der Waals surface area contributed by atoms with Gasteiger partial charge in [0.1, 0.15) is 34.3 Å². The molecule has 0 saturated heterocycles. The first-order valence-corrected chi connectivity index (χ1v) is 11.9. The second kappa shape index (κ2) is 8.73. The van der Waals surface area contributed by atoms with E-state index in [1.54, 1.807) is 6.20 Å². The zero-order chi connectivity index (χ0) is 24.8. The van der Waals surface area contributed by atoms with Crippen molar-refractivity contribution in [1.29, 1.82) is 0 Å². The minimum absolute atomic E-state index is 0.0157. The summed E-state index contributed by atoms with van der Waals surface area (Å²) in [5, 5.41) is 0.318. The Morgan fingerprint density at radius 2 is 1.91 bits per heavy atom. The van der Waals surface area contributed by atoms with Gasteiger partial charge in [0.2, 0.25) is 0 Å². The minimum Gasteiger partial charge on any atom is -0.495 e. The summed E-state index contributed by atoms with van der Waals surface area (Å²) in [5.74, 6) is -1.86. The van der Waals surface area contributed by atoms with Gasteiger partial charge in [-0.05, 0) is 26.0 Å². The molecule has 3 N–H and O–H groups in total. The van der Waals surface area contributed by atoms with E-state index < -0.39 is 26.6 Å². The van der Waals surface area contributed by atoms with E-state index in [4.69, 9.17) is 22.1 Å². The van der Waals surface area contributed by atoms with Crippen LogP contribution >= 0.6 is 11.6 Å². The molecule has 2 aromatic carbocycles. The fraction of sp³-hybridized carbons (Fsp3) is 0.182. The monoisotopic (exact) mass is 507 g/mol. The first kappa shape index (κ1) is 23.7. The number of nitrogens with zero attached hydrogens (tertiary/aromatic N) is 3. The maximum Gasteiger partial charge on any atom is 0.264 e. The summed E-state index contributed by atoms with van der Waals surface area (Å²) in [7, 11) is -3.27. The Morgan fingerprint density at radius 3 is 2.59 bits per heavy atom. The number of ether oxygens (including phenoxy) is 1. The zero-order valence-corrected chi connectivity index (χ0v) is 19.9. The minimum atomic E-state index is -4.53. The number of methoxy groups -OCH3 is 1. The molecule has 8 nitrogen and oxygen atoms in total. The summed E-state index contributed by atoms with van der Waals surface area (Å²) in [5.41, 5.74) is 6.65. The van der Waals surface area contributed by atoms with E-state index in [9.17, 15) is 12.8 Å². The molecule has 0 bridgehead atoms. The van der Waals surface area contributed by atoms with Crippen molar-refractivity contribution in [3.05, 3.63) is 59.5 Å². The van der Waals surface area contributed by atoms with E-state index in [2.05, 4.69) is 14.7 Å². The number of rotatable bonds is 6. The second-order valence-electron chi connectivity index (χ2n) is 7.69. The molecule has 34 heavy (non-hydrogen) atoms. The van der Waals surface area contributed by atoms with Crippen LogP contribution in [0.15, 0.2) is 47.8 Å². The average Bonchev–Trinajstić information content (AvgIpc) is 3.17. The lowest BCUT2D eigenvalue weighted by molar-refractivity contribution is 0.410. The van der Waals surface area contributed by atoms with Crippen molar-refractivity contribution in [3.8, 4) is 16.9 Å². The van der Waals surface area contributed by atoms with E-state index in [-0.39, 0.29) is 33.9 Å². The molecule has 0 aliphatic heterocycles. The third kappa shape index (κ3) is 4.01. The molecule has 4 aromatic rings. The number of nitrogens with two attached hydrogens (primary N) is 1. The van der Waals surface area contributed by atoms with Crippen molar-refractivity contribution in [2.45, 2.75) is 24.8 Å². The summed E-state index contributed by atoms with van der Waals surface area (Å²) in [6.45, 7) is 3.86. The number of sulfonamides is 1. The van der Waals surface area contributed by atoms with Gasteiger partial charge in [-0.3, -0.25) is 4.72 Å². The molecule has 2 heterocycles. The third-order valence-corrected chi connectivity index (χ3v) is 6.90. The lowest BCUT2D eigenvalue weighted by Gasteiger charge is -2.13. The molecule has 178 valence electrons. The highest BCUT2D eigenvalue weighted by Crippen LogP contribution is 2.38. The van der Waals surface area contributed by atoms with Gasteiger partial charge in [-0.15, -0.1) is 0 Å². The van der Waals surface area contributed by atoms with Gasteiger partial charge < -0.3 is 15.0 Å². The molecule has 0 atom stereocenters. The molecule has 0 spiro atoms. The maximum atomic E-state index is 15.6. The molecule has 0 unspecified atom stereocenters. The Hall–Kier alpha value is -3.44. The van der Waals surface area contributed by atoms with Crippen LogP contribution in [-0.4, -0.2) is 30.1 Å². The van der Waals surface area contributed by atoms with E-state index in [0.29, 0.717) is 16.6 Å². The molecule has 0 aliphatic carbocycles. The number of halogens is 3. The fourth-order valence-electron chi connectivity index (χ4n) is 3.60. The number of anilines is 2. The number of nitrogens with one attached hydrogen (secondary N) is 1. The van der Waals surface area contributed by atoms with Gasteiger partial charge >= 0.3 is 0 Å². The quantitative estimate of drug-likeness (QED) is 0.379. The molecule has 0 fully saturated rings. The van der Waals surface area contributed by atoms with Crippen LogP contribution in [0.1, 0.15) is 19.9 Å². The van der Waals surface area contributed by atoms with Crippen LogP contribution in [0.4, 0.5) is 20.3 Å². The average molecular weight is 508 g/mol. The Balaban J connectivity index is 1.83. The van der Waals surface area contributed by atoms with Crippen molar-refractivity contribution in [2.75, 3.05) is 17.6 Å². The number of benzene rings is 2. The van der Waals surface area contributed by atoms with Crippen LogP contribution in [0.25, 0.3) is 22.2 Å². The Bertz CT molecular complexity index is 1520. The van der Waals surface area contributed by atoms with Crippen LogP contribution in [0.5, 0.6) is 5.75 Å². The predicted molar refractivity (Wildman–Crippen MR) is 126 cm³/mol. The molecule has 4 rings (SSSR count). The standard InChI is InChI=1S/C22H20ClF2N5O3S/c1-11(2)30-9-13(19-21(26)27-10-28-22(19)30)12-5-4-6-16(20(12)25)29-34(31,32)18-7-14(23)17(33-3)8-15(18)24/h4-11,29H,1-3H3,(H2,26,27,28). The largest absolute Gasteiger partial charge is 0.495 e. The summed E-state index contributed by atoms with van der Waals surface area (Å²) in [4.78, 5) is 7.52. The van der Waals surface area contributed by atoms with Gasteiger partial charge in [0.25, 0.3) is 10.0 Å². The molecule has 0 radical (unpaired) electrons. The van der Waals surface area contributed by atoms with Crippen LogP contribution in [0.3, 0.4) is 0 Å². The van der Waals surface area contributed by atoms with Gasteiger partial charge in [-0.2, -0.15) is 0 Å². The summed E-state index contributed by atoms with van der Waals surface area (Å²) in [6.07, 6.45) is 3.00. The topological polar surface area (TPSA) is 112 Å². The van der Waals surface area contributed by atoms with E-state index in [1.807, 2.05) is 18.4 Å². The molecular formula is C22H20ClF2N5O3S. The first-order valence-electron chi connectivity index (χ1n) is 10.0. The highest BCUT2D eigenvalue weighted by Gasteiger charge is 2.25. The number of hydrogen-bond acceptors (Lipinski definition) is 6. The van der Waals surface area contributed by atoms with Gasteiger partial charge in [-0.1, -0.05) is 23.7 Å². The van der Waals surface area contributed by atoms with E-state index in [0.717, 1.165) is 12.1 Å².